The van der Waals surface area contributed by atoms with Gasteiger partial charge in [0.05, 0.1) is 29.5 Å². The summed E-state index contributed by atoms with van der Waals surface area (Å²) in [5.41, 5.74) is 6.41. The average Bonchev–Trinajstić information content (AvgIpc) is 3.59. The van der Waals surface area contributed by atoms with Crippen LogP contribution in [-0.4, -0.2) is 63.7 Å². The van der Waals surface area contributed by atoms with Crippen molar-refractivity contribution in [1.82, 2.24) is 9.47 Å². The second kappa shape index (κ2) is 12.6. The first-order valence-corrected chi connectivity index (χ1v) is 17.8. The molecule has 3 aliphatic heterocycles. The van der Waals surface area contributed by atoms with Crippen LogP contribution in [0.4, 0.5) is 11.4 Å². The lowest BCUT2D eigenvalue weighted by atomic mass is 9.79. The third-order valence-electron chi connectivity index (χ3n) is 8.44. The van der Waals surface area contributed by atoms with Crippen LogP contribution < -0.4 is 19.5 Å². The van der Waals surface area contributed by atoms with Crippen LogP contribution in [0.25, 0.3) is 6.08 Å². The highest BCUT2D eigenvalue weighted by atomic mass is 32.2. The van der Waals surface area contributed by atoms with E-state index in [9.17, 15) is 5.11 Å². The zero-order chi connectivity index (χ0) is 30.2. The second-order valence-electron chi connectivity index (χ2n) is 12.6. The van der Waals surface area contributed by atoms with E-state index in [0.717, 1.165) is 71.3 Å². The summed E-state index contributed by atoms with van der Waals surface area (Å²) < 4.78 is 10.2. The fourth-order valence-electron chi connectivity index (χ4n) is 6.52. The Morgan fingerprint density at radius 1 is 1.07 bits per heavy atom. The number of nitrogens with one attached hydrogen (secondary N) is 1. The summed E-state index contributed by atoms with van der Waals surface area (Å²) in [4.78, 5) is 10.8. The number of hydrogen-bond acceptors (Lipinski definition) is 10. The molecule has 2 saturated heterocycles. The standard InChI is InChI=1S/C31H40N6O2S4/c1-30(2)11-5-12-31(3,4)37(30)22-9-7-21(8-10-22)33-34-28-32-26-25(42-28)20-23(41-26)19-24-27(38)43-29(40)36(24)14-6-13-35-15-17-39-18-16-35/h7-10,19-20,33,38H,5-6,11-18H2,1-4H3. The molecule has 12 heteroatoms. The molecule has 8 nitrogen and oxygen atoms in total. The van der Waals surface area contributed by atoms with Gasteiger partial charge >= 0.3 is 0 Å². The number of hydrazone groups is 1. The van der Waals surface area contributed by atoms with E-state index in [4.69, 9.17) is 21.9 Å². The predicted molar refractivity (Wildman–Crippen MR) is 183 cm³/mol. The van der Waals surface area contributed by atoms with Gasteiger partial charge in [-0.3, -0.25) is 10.3 Å². The summed E-state index contributed by atoms with van der Waals surface area (Å²) in [6, 6.07) is 10.7. The van der Waals surface area contributed by atoms with Crippen molar-refractivity contribution in [2.45, 2.75) is 75.9 Å². The molecule has 5 heterocycles. The number of aromatic hydroxyl groups is 1. The summed E-state index contributed by atoms with van der Waals surface area (Å²) in [7, 11) is 0. The van der Waals surface area contributed by atoms with E-state index in [1.165, 1.54) is 36.3 Å². The van der Waals surface area contributed by atoms with Gasteiger partial charge < -0.3 is 19.3 Å². The molecule has 6 rings (SSSR count). The number of hydrogen-bond donors (Lipinski definition) is 2. The molecule has 3 aliphatic rings. The van der Waals surface area contributed by atoms with Crippen molar-refractivity contribution in [3.05, 3.63) is 49.2 Å². The van der Waals surface area contributed by atoms with Crippen LogP contribution in [0.3, 0.4) is 0 Å². The van der Waals surface area contributed by atoms with Crippen molar-refractivity contribution in [3.8, 4) is 5.06 Å². The highest BCUT2D eigenvalue weighted by molar-refractivity contribution is 8.14. The number of thioether (sulfide) groups is 1. The third-order valence-corrected chi connectivity index (χ3v) is 11.7. The predicted octanol–water partition coefficient (Wildman–Crippen LogP) is 6.25. The van der Waals surface area contributed by atoms with Crippen molar-refractivity contribution >= 4 is 69.3 Å². The molecule has 0 saturated carbocycles. The molecule has 3 aromatic rings. The monoisotopic (exact) mass is 656 g/mol. The van der Waals surface area contributed by atoms with Gasteiger partial charge in [0.1, 0.15) is 4.67 Å². The largest absolute Gasteiger partial charge is 0.498 e. The number of thiophene rings is 1. The number of benzene rings is 1. The molecule has 0 amide bonds. The Bertz CT molecular complexity index is 1650. The van der Waals surface area contributed by atoms with E-state index in [2.05, 4.69) is 82.9 Å². The molecule has 2 aromatic heterocycles. The van der Waals surface area contributed by atoms with Crippen molar-refractivity contribution in [1.29, 1.82) is 0 Å². The van der Waals surface area contributed by atoms with Crippen LogP contribution >= 0.6 is 46.7 Å². The molecular weight excluding hydrogens is 617 g/mol. The van der Waals surface area contributed by atoms with Crippen LogP contribution in [0, 0.1) is 3.95 Å². The maximum Gasteiger partial charge on any atom is 0.212 e. The van der Waals surface area contributed by atoms with Crippen LogP contribution in [0.2, 0.25) is 0 Å². The molecule has 2 fully saturated rings. The smallest absolute Gasteiger partial charge is 0.212 e. The molecule has 0 unspecified atom stereocenters. The highest BCUT2D eigenvalue weighted by Crippen LogP contribution is 2.42. The number of fused-ring (bicyclic) bond motifs is 1. The topological polar surface area (TPSA) is 77.6 Å². The maximum absolute atomic E-state index is 10.7. The van der Waals surface area contributed by atoms with Gasteiger partial charge in [-0.05, 0) is 114 Å². The van der Waals surface area contributed by atoms with Crippen molar-refractivity contribution < 1.29 is 9.84 Å². The number of amidine groups is 1. The molecule has 43 heavy (non-hydrogen) atoms. The van der Waals surface area contributed by atoms with Crippen molar-refractivity contribution in [2.75, 3.05) is 43.2 Å². The number of morpholine rings is 1. The summed E-state index contributed by atoms with van der Waals surface area (Å²) >= 11 is 9.99. The molecule has 2 N–H and O–H groups in total. The molecule has 230 valence electrons. The first kappa shape index (κ1) is 30.8. The molecule has 0 atom stereocenters. The number of aromatic nitrogens is 1. The van der Waals surface area contributed by atoms with Gasteiger partial charge in [-0.2, -0.15) is 0 Å². The van der Waals surface area contributed by atoms with Gasteiger partial charge in [0.25, 0.3) is 0 Å². The van der Waals surface area contributed by atoms with Crippen LogP contribution in [0.15, 0.2) is 45.3 Å². The molecule has 0 radical (unpaired) electrons. The van der Waals surface area contributed by atoms with Crippen molar-refractivity contribution in [2.24, 2.45) is 10.1 Å². The molecule has 1 aromatic carbocycles. The van der Waals surface area contributed by atoms with Gasteiger partial charge in [0, 0.05) is 47.5 Å². The second-order valence-corrected chi connectivity index (χ2v) is 16.3. The minimum Gasteiger partial charge on any atom is -0.498 e. The minimum atomic E-state index is 0.128. The maximum atomic E-state index is 10.7. The third kappa shape index (κ3) is 6.89. The Hall–Kier alpha value is -2.22. The Balaban J connectivity index is 1.12. The van der Waals surface area contributed by atoms with E-state index in [1.54, 1.807) is 23.1 Å². The van der Waals surface area contributed by atoms with Crippen LogP contribution in [0.1, 0.15) is 59.1 Å². The molecule has 0 spiro atoms. The summed E-state index contributed by atoms with van der Waals surface area (Å²) in [5.74, 6) is 0. The van der Waals surface area contributed by atoms with E-state index in [-0.39, 0.29) is 16.1 Å². The van der Waals surface area contributed by atoms with Gasteiger partial charge in [0.15, 0.2) is 9.02 Å². The van der Waals surface area contributed by atoms with E-state index < -0.39 is 0 Å². The van der Waals surface area contributed by atoms with Crippen molar-refractivity contribution in [3.63, 3.8) is 0 Å². The van der Waals surface area contributed by atoms with Crippen LogP contribution in [-0.2, 0) is 11.3 Å². The molecule has 0 aliphatic carbocycles. The molecular formula is C31H40N6O2S4. The fraction of sp³-hybridized carbons (Fsp3) is 0.516. The number of ether oxygens (including phenoxy) is 1. The van der Waals surface area contributed by atoms with E-state index in [1.807, 2.05) is 6.08 Å². The number of piperidine rings is 1. The van der Waals surface area contributed by atoms with Gasteiger partial charge in [-0.15, -0.1) is 16.4 Å². The number of thiazole rings is 1. The summed E-state index contributed by atoms with van der Waals surface area (Å²) in [6.45, 7) is 14.7. The summed E-state index contributed by atoms with van der Waals surface area (Å²) in [6.07, 6.45) is 6.66. The lowest BCUT2D eigenvalue weighted by molar-refractivity contribution is 0.0369. The SMILES string of the molecule is CC1(C)CCCC(C)(C)N1c1ccc(NN=C2N=c3sc(=Cc4c(O)sc(=S)n4CCCN4CCOCC4)cc3S2)cc1. The summed E-state index contributed by atoms with van der Waals surface area (Å²) in [5, 5.41) is 16.2. The number of nitrogens with zero attached hydrogens (tertiary/aromatic N) is 5. The van der Waals surface area contributed by atoms with E-state index in [0.29, 0.717) is 9.12 Å². The van der Waals surface area contributed by atoms with Gasteiger partial charge in [-0.1, -0.05) is 11.3 Å². The van der Waals surface area contributed by atoms with Gasteiger partial charge in [-0.25, -0.2) is 4.99 Å². The first-order chi connectivity index (χ1) is 20.6. The van der Waals surface area contributed by atoms with Gasteiger partial charge in [0.2, 0.25) is 5.17 Å². The highest BCUT2D eigenvalue weighted by Gasteiger charge is 2.41. The van der Waals surface area contributed by atoms with E-state index >= 15 is 0 Å². The Morgan fingerprint density at radius 2 is 1.79 bits per heavy atom. The number of anilines is 2. The zero-order valence-corrected chi connectivity index (χ0v) is 28.5. The Morgan fingerprint density at radius 3 is 2.49 bits per heavy atom. The fourth-order valence-corrected chi connectivity index (χ4v) is 9.67. The zero-order valence-electron chi connectivity index (χ0n) is 25.3. The lowest BCUT2D eigenvalue weighted by Gasteiger charge is -2.54. The van der Waals surface area contributed by atoms with Crippen LogP contribution in [0.5, 0.6) is 5.06 Å². The number of rotatable bonds is 8. The lowest BCUT2D eigenvalue weighted by Crippen LogP contribution is -2.58. The minimum absolute atomic E-state index is 0.128. The Labute approximate surface area is 270 Å². The average molecular weight is 657 g/mol. The normalized spacial score (nSPS) is 21.3. The quantitative estimate of drug-likeness (QED) is 0.219. The Kier molecular flexibility index (Phi) is 9.06. The first-order valence-electron chi connectivity index (χ1n) is 14.9. The molecule has 0 bridgehead atoms.